The van der Waals surface area contributed by atoms with Crippen molar-refractivity contribution >= 4 is 17.5 Å². The van der Waals surface area contributed by atoms with Crippen LogP contribution < -0.4 is 10.2 Å². The second kappa shape index (κ2) is 7.19. The van der Waals surface area contributed by atoms with Crippen LogP contribution in [0.5, 0.6) is 0 Å². The molecule has 0 bridgehead atoms. The lowest BCUT2D eigenvalue weighted by Gasteiger charge is -2.28. The summed E-state index contributed by atoms with van der Waals surface area (Å²) in [5, 5.41) is 2.92. The Balaban J connectivity index is 1.47. The molecule has 0 radical (unpaired) electrons. The first-order chi connectivity index (χ1) is 13.1. The SMILES string of the molecule is Cc1cc(C)cc(NC(=O)c2cnc(N3CCc4ccccc4C3)nc2)c1. The van der Waals surface area contributed by atoms with Gasteiger partial charge >= 0.3 is 0 Å². The van der Waals surface area contributed by atoms with E-state index in [1.807, 2.05) is 26.0 Å². The van der Waals surface area contributed by atoms with Gasteiger partial charge in [0, 0.05) is 31.2 Å². The standard InChI is InChI=1S/C22H22N4O/c1-15-9-16(2)11-20(10-15)25-21(27)19-12-23-22(24-13-19)26-8-7-17-5-3-4-6-18(17)14-26/h3-6,9-13H,7-8,14H2,1-2H3,(H,25,27). The summed E-state index contributed by atoms with van der Waals surface area (Å²) >= 11 is 0. The Labute approximate surface area is 159 Å². The Bertz CT molecular complexity index is 962. The Hall–Kier alpha value is -3.21. The van der Waals surface area contributed by atoms with E-state index in [0.29, 0.717) is 11.5 Å². The molecule has 5 nitrogen and oxygen atoms in total. The highest BCUT2D eigenvalue weighted by atomic mass is 16.1. The maximum Gasteiger partial charge on any atom is 0.258 e. The van der Waals surface area contributed by atoms with E-state index < -0.39 is 0 Å². The molecule has 0 spiro atoms. The van der Waals surface area contributed by atoms with Crippen molar-refractivity contribution in [1.29, 1.82) is 0 Å². The van der Waals surface area contributed by atoms with Crippen molar-refractivity contribution in [2.24, 2.45) is 0 Å². The number of benzene rings is 2. The number of carbonyl (C=O) groups is 1. The molecule has 2 aromatic carbocycles. The number of aromatic nitrogens is 2. The molecule has 3 aromatic rings. The predicted molar refractivity (Wildman–Crippen MR) is 107 cm³/mol. The van der Waals surface area contributed by atoms with Gasteiger partial charge in [0.2, 0.25) is 5.95 Å². The first-order valence-electron chi connectivity index (χ1n) is 9.12. The summed E-state index contributed by atoms with van der Waals surface area (Å²) in [6.07, 6.45) is 4.18. The van der Waals surface area contributed by atoms with E-state index in [4.69, 9.17) is 0 Å². The number of hydrogen-bond donors (Lipinski definition) is 1. The van der Waals surface area contributed by atoms with Gasteiger partial charge in [-0.3, -0.25) is 4.79 Å². The topological polar surface area (TPSA) is 58.1 Å². The fourth-order valence-corrected chi connectivity index (χ4v) is 3.52. The van der Waals surface area contributed by atoms with E-state index in [-0.39, 0.29) is 5.91 Å². The summed E-state index contributed by atoms with van der Waals surface area (Å²) < 4.78 is 0. The number of aryl methyl sites for hydroxylation is 2. The zero-order valence-electron chi connectivity index (χ0n) is 15.6. The van der Waals surface area contributed by atoms with Gasteiger partial charge < -0.3 is 10.2 Å². The summed E-state index contributed by atoms with van der Waals surface area (Å²) in [4.78, 5) is 23.5. The maximum absolute atomic E-state index is 12.5. The summed E-state index contributed by atoms with van der Waals surface area (Å²) in [6, 6.07) is 14.4. The molecule has 1 amide bonds. The molecule has 1 aromatic heterocycles. The van der Waals surface area contributed by atoms with Crippen molar-refractivity contribution in [3.8, 4) is 0 Å². The van der Waals surface area contributed by atoms with E-state index >= 15 is 0 Å². The minimum Gasteiger partial charge on any atom is -0.336 e. The quantitative estimate of drug-likeness (QED) is 0.771. The third kappa shape index (κ3) is 3.82. The first kappa shape index (κ1) is 17.2. The molecular formula is C22H22N4O. The summed E-state index contributed by atoms with van der Waals surface area (Å²) in [6.45, 7) is 5.70. The average Bonchev–Trinajstić information content (AvgIpc) is 2.67. The van der Waals surface area contributed by atoms with Gasteiger partial charge in [0.25, 0.3) is 5.91 Å². The molecule has 136 valence electrons. The molecule has 27 heavy (non-hydrogen) atoms. The molecule has 1 aliphatic rings. The van der Waals surface area contributed by atoms with Crippen LogP contribution in [0.3, 0.4) is 0 Å². The van der Waals surface area contributed by atoms with E-state index in [0.717, 1.165) is 36.3 Å². The number of rotatable bonds is 3. The summed E-state index contributed by atoms with van der Waals surface area (Å²) in [5.41, 5.74) is 6.16. The number of nitrogens with zero attached hydrogens (tertiary/aromatic N) is 3. The maximum atomic E-state index is 12.5. The van der Waals surface area contributed by atoms with Crippen molar-refractivity contribution in [2.75, 3.05) is 16.8 Å². The van der Waals surface area contributed by atoms with Crippen LogP contribution in [-0.4, -0.2) is 22.4 Å². The lowest BCUT2D eigenvalue weighted by atomic mass is 10.0. The van der Waals surface area contributed by atoms with Gasteiger partial charge in [0.05, 0.1) is 5.56 Å². The number of fused-ring (bicyclic) bond motifs is 1. The second-order valence-electron chi connectivity index (χ2n) is 7.04. The Kier molecular flexibility index (Phi) is 4.59. The first-order valence-corrected chi connectivity index (χ1v) is 9.12. The van der Waals surface area contributed by atoms with E-state index in [2.05, 4.69) is 50.5 Å². The predicted octanol–water partition coefficient (Wildman–Crippen LogP) is 3.91. The highest BCUT2D eigenvalue weighted by Crippen LogP contribution is 2.22. The highest BCUT2D eigenvalue weighted by molar-refractivity contribution is 6.04. The van der Waals surface area contributed by atoms with Crippen LogP contribution in [-0.2, 0) is 13.0 Å². The number of nitrogens with one attached hydrogen (secondary N) is 1. The van der Waals surface area contributed by atoms with Gasteiger partial charge in [-0.25, -0.2) is 9.97 Å². The van der Waals surface area contributed by atoms with Crippen LogP contribution in [0.1, 0.15) is 32.6 Å². The van der Waals surface area contributed by atoms with Crippen LogP contribution in [0.4, 0.5) is 11.6 Å². The van der Waals surface area contributed by atoms with Crippen molar-refractivity contribution in [2.45, 2.75) is 26.8 Å². The van der Waals surface area contributed by atoms with Gasteiger partial charge in [0.1, 0.15) is 0 Å². The van der Waals surface area contributed by atoms with E-state index in [9.17, 15) is 4.79 Å². The monoisotopic (exact) mass is 358 g/mol. The molecular weight excluding hydrogens is 336 g/mol. The van der Waals surface area contributed by atoms with Crippen molar-refractivity contribution in [3.05, 3.63) is 82.7 Å². The van der Waals surface area contributed by atoms with Crippen LogP contribution in [0.2, 0.25) is 0 Å². The Morgan fingerprint density at radius 2 is 1.67 bits per heavy atom. The fourth-order valence-electron chi connectivity index (χ4n) is 3.52. The number of carbonyl (C=O) groups excluding carboxylic acids is 1. The second-order valence-corrected chi connectivity index (χ2v) is 7.04. The Morgan fingerprint density at radius 3 is 2.37 bits per heavy atom. The molecule has 0 aliphatic carbocycles. The zero-order valence-corrected chi connectivity index (χ0v) is 15.6. The summed E-state index contributed by atoms with van der Waals surface area (Å²) in [7, 11) is 0. The molecule has 5 heteroatoms. The number of hydrogen-bond acceptors (Lipinski definition) is 4. The zero-order chi connectivity index (χ0) is 18.8. The van der Waals surface area contributed by atoms with E-state index in [1.165, 1.54) is 11.1 Å². The van der Waals surface area contributed by atoms with Crippen LogP contribution in [0, 0.1) is 13.8 Å². The van der Waals surface area contributed by atoms with Crippen molar-refractivity contribution in [3.63, 3.8) is 0 Å². The molecule has 0 atom stereocenters. The molecule has 1 N–H and O–H groups in total. The molecule has 0 saturated heterocycles. The lowest BCUT2D eigenvalue weighted by Crippen LogP contribution is -2.31. The molecule has 1 aliphatic heterocycles. The summed E-state index contributed by atoms with van der Waals surface area (Å²) in [5.74, 6) is 0.461. The number of anilines is 2. The van der Waals surface area contributed by atoms with Gasteiger partial charge in [-0.1, -0.05) is 30.3 Å². The molecule has 0 fully saturated rings. The van der Waals surface area contributed by atoms with Gasteiger partial charge in [-0.2, -0.15) is 0 Å². The third-order valence-electron chi connectivity index (χ3n) is 4.79. The fraction of sp³-hybridized carbons (Fsp3) is 0.227. The van der Waals surface area contributed by atoms with Crippen LogP contribution in [0.25, 0.3) is 0 Å². The van der Waals surface area contributed by atoms with Crippen molar-refractivity contribution in [1.82, 2.24) is 9.97 Å². The minimum absolute atomic E-state index is 0.199. The van der Waals surface area contributed by atoms with Gasteiger partial charge in [0.15, 0.2) is 0 Å². The van der Waals surface area contributed by atoms with Crippen molar-refractivity contribution < 1.29 is 4.79 Å². The minimum atomic E-state index is -0.199. The molecule has 4 rings (SSSR count). The molecule has 2 heterocycles. The van der Waals surface area contributed by atoms with Crippen LogP contribution >= 0.6 is 0 Å². The van der Waals surface area contributed by atoms with E-state index in [1.54, 1.807) is 12.4 Å². The smallest absolute Gasteiger partial charge is 0.258 e. The third-order valence-corrected chi connectivity index (χ3v) is 4.79. The average molecular weight is 358 g/mol. The molecule has 0 unspecified atom stereocenters. The number of amides is 1. The Morgan fingerprint density at radius 1 is 1.00 bits per heavy atom. The normalized spacial score (nSPS) is 13.2. The van der Waals surface area contributed by atoms with Gasteiger partial charge in [-0.05, 0) is 54.7 Å². The van der Waals surface area contributed by atoms with Crippen LogP contribution in [0.15, 0.2) is 54.9 Å². The highest BCUT2D eigenvalue weighted by Gasteiger charge is 2.18. The van der Waals surface area contributed by atoms with Gasteiger partial charge in [-0.15, -0.1) is 0 Å². The molecule has 0 saturated carbocycles. The largest absolute Gasteiger partial charge is 0.336 e. The lowest BCUT2D eigenvalue weighted by molar-refractivity contribution is 0.102.